The van der Waals surface area contributed by atoms with Crippen LogP contribution in [-0.2, 0) is 10.2 Å². The van der Waals surface area contributed by atoms with E-state index in [2.05, 4.69) is 4.72 Å². The highest BCUT2D eigenvalue weighted by molar-refractivity contribution is 7.87. The maximum absolute atomic E-state index is 11.8. The van der Waals surface area contributed by atoms with Gasteiger partial charge in [-0.2, -0.15) is 12.7 Å². The van der Waals surface area contributed by atoms with Gasteiger partial charge in [-0.25, -0.2) is 4.72 Å². The number of hydrogen-bond acceptors (Lipinski definition) is 3. The van der Waals surface area contributed by atoms with Crippen LogP contribution in [0.15, 0.2) is 0 Å². The highest BCUT2D eigenvalue weighted by Crippen LogP contribution is 2.12. The standard InChI is InChI=1S/C10H22N2O3S/c1-10(5-8-13)9-11-16(14,15)12-6-3-2-4-7-12/h10-11,13H,2-9H2,1H3. The average molecular weight is 250 g/mol. The van der Waals surface area contributed by atoms with Crippen molar-refractivity contribution >= 4 is 10.2 Å². The highest BCUT2D eigenvalue weighted by atomic mass is 32.2. The molecule has 16 heavy (non-hydrogen) atoms. The molecule has 96 valence electrons. The second-order valence-corrected chi connectivity index (χ2v) is 6.19. The van der Waals surface area contributed by atoms with E-state index in [1.165, 1.54) is 4.31 Å². The molecule has 0 spiro atoms. The van der Waals surface area contributed by atoms with Crippen LogP contribution in [0.25, 0.3) is 0 Å². The molecule has 1 unspecified atom stereocenters. The van der Waals surface area contributed by atoms with Gasteiger partial charge < -0.3 is 5.11 Å². The van der Waals surface area contributed by atoms with Gasteiger partial charge in [0, 0.05) is 26.2 Å². The molecule has 1 aliphatic heterocycles. The Morgan fingerprint density at radius 1 is 1.31 bits per heavy atom. The molecular formula is C10H22N2O3S. The highest BCUT2D eigenvalue weighted by Gasteiger charge is 2.23. The number of aliphatic hydroxyl groups excluding tert-OH is 1. The van der Waals surface area contributed by atoms with Crippen molar-refractivity contribution in [2.75, 3.05) is 26.2 Å². The first-order valence-electron chi connectivity index (χ1n) is 5.92. The lowest BCUT2D eigenvalue weighted by atomic mass is 10.1. The van der Waals surface area contributed by atoms with Crippen molar-refractivity contribution in [2.45, 2.75) is 32.6 Å². The van der Waals surface area contributed by atoms with Gasteiger partial charge >= 0.3 is 0 Å². The summed E-state index contributed by atoms with van der Waals surface area (Å²) in [5, 5.41) is 8.73. The second-order valence-electron chi connectivity index (χ2n) is 4.43. The van der Waals surface area contributed by atoms with Gasteiger partial charge in [-0.3, -0.25) is 0 Å². The fourth-order valence-electron chi connectivity index (χ4n) is 1.77. The summed E-state index contributed by atoms with van der Waals surface area (Å²) in [6.07, 6.45) is 3.65. The normalized spacial score (nSPS) is 20.9. The SMILES string of the molecule is CC(CCO)CNS(=O)(=O)N1CCCCC1. The van der Waals surface area contributed by atoms with Crippen molar-refractivity contribution in [1.29, 1.82) is 0 Å². The predicted molar refractivity (Wildman–Crippen MR) is 63.2 cm³/mol. The van der Waals surface area contributed by atoms with Crippen molar-refractivity contribution < 1.29 is 13.5 Å². The third-order valence-electron chi connectivity index (χ3n) is 2.89. The summed E-state index contributed by atoms with van der Waals surface area (Å²) in [5.41, 5.74) is 0. The molecule has 1 heterocycles. The molecule has 1 saturated heterocycles. The predicted octanol–water partition coefficient (Wildman–Crippen LogP) is 0.325. The molecule has 0 aliphatic carbocycles. The molecule has 0 amide bonds. The molecule has 0 aromatic rings. The molecule has 1 fully saturated rings. The van der Waals surface area contributed by atoms with E-state index in [9.17, 15) is 8.42 Å². The monoisotopic (exact) mass is 250 g/mol. The van der Waals surface area contributed by atoms with Crippen LogP contribution in [0.1, 0.15) is 32.6 Å². The average Bonchev–Trinajstić information content (AvgIpc) is 2.28. The Morgan fingerprint density at radius 2 is 1.94 bits per heavy atom. The largest absolute Gasteiger partial charge is 0.396 e. The van der Waals surface area contributed by atoms with E-state index in [1.54, 1.807) is 0 Å². The molecule has 1 atom stereocenters. The summed E-state index contributed by atoms with van der Waals surface area (Å²) < 4.78 is 27.8. The minimum Gasteiger partial charge on any atom is -0.396 e. The van der Waals surface area contributed by atoms with Crippen LogP contribution in [0, 0.1) is 5.92 Å². The lowest BCUT2D eigenvalue weighted by Crippen LogP contribution is -2.44. The van der Waals surface area contributed by atoms with Gasteiger partial charge in [-0.15, -0.1) is 0 Å². The lowest BCUT2D eigenvalue weighted by molar-refractivity contribution is 0.262. The Hall–Kier alpha value is -0.170. The summed E-state index contributed by atoms with van der Waals surface area (Å²) in [6, 6.07) is 0. The number of piperidine rings is 1. The summed E-state index contributed by atoms with van der Waals surface area (Å²) in [7, 11) is -3.30. The van der Waals surface area contributed by atoms with Gasteiger partial charge in [-0.1, -0.05) is 13.3 Å². The fourth-order valence-corrected chi connectivity index (χ4v) is 3.18. The molecule has 5 nitrogen and oxygen atoms in total. The van der Waals surface area contributed by atoms with E-state index in [0.717, 1.165) is 19.3 Å². The molecule has 2 N–H and O–H groups in total. The second kappa shape index (κ2) is 6.54. The van der Waals surface area contributed by atoms with Crippen LogP contribution < -0.4 is 4.72 Å². The summed E-state index contributed by atoms with van der Waals surface area (Å²) >= 11 is 0. The van der Waals surface area contributed by atoms with Gasteiger partial charge in [0.25, 0.3) is 10.2 Å². The quantitative estimate of drug-likeness (QED) is 0.713. The Labute approximate surface area is 98.0 Å². The van der Waals surface area contributed by atoms with Crippen molar-refractivity contribution in [3.8, 4) is 0 Å². The minimum absolute atomic E-state index is 0.104. The first-order valence-corrected chi connectivity index (χ1v) is 7.36. The van der Waals surface area contributed by atoms with Gasteiger partial charge in [0.05, 0.1) is 0 Å². The van der Waals surface area contributed by atoms with E-state index in [1.807, 2.05) is 6.92 Å². The summed E-state index contributed by atoms with van der Waals surface area (Å²) in [6.45, 7) is 3.69. The Balaban J connectivity index is 2.38. The number of nitrogens with zero attached hydrogens (tertiary/aromatic N) is 1. The number of nitrogens with one attached hydrogen (secondary N) is 1. The van der Waals surface area contributed by atoms with Crippen LogP contribution in [0.2, 0.25) is 0 Å². The summed E-state index contributed by atoms with van der Waals surface area (Å²) in [4.78, 5) is 0. The first-order chi connectivity index (χ1) is 7.56. The van der Waals surface area contributed by atoms with Gasteiger partial charge in [0.1, 0.15) is 0 Å². The Morgan fingerprint density at radius 3 is 2.50 bits per heavy atom. The lowest BCUT2D eigenvalue weighted by Gasteiger charge is -2.26. The third-order valence-corrected chi connectivity index (χ3v) is 4.47. The molecule has 0 saturated carbocycles. The molecule has 0 radical (unpaired) electrons. The Kier molecular flexibility index (Phi) is 5.68. The number of aliphatic hydroxyl groups is 1. The third kappa shape index (κ3) is 4.37. The molecule has 6 heteroatoms. The zero-order chi connectivity index (χ0) is 12.0. The van der Waals surface area contributed by atoms with E-state index < -0.39 is 10.2 Å². The van der Waals surface area contributed by atoms with Crippen molar-refractivity contribution in [1.82, 2.24) is 9.03 Å². The maximum Gasteiger partial charge on any atom is 0.279 e. The number of rotatable bonds is 6. The number of hydrogen-bond donors (Lipinski definition) is 2. The van der Waals surface area contributed by atoms with Gasteiger partial charge in [0.15, 0.2) is 0 Å². The zero-order valence-corrected chi connectivity index (χ0v) is 10.7. The van der Waals surface area contributed by atoms with Crippen molar-refractivity contribution in [3.05, 3.63) is 0 Å². The molecule has 0 aromatic heterocycles. The maximum atomic E-state index is 11.8. The van der Waals surface area contributed by atoms with Crippen LogP contribution in [0.3, 0.4) is 0 Å². The molecule has 0 bridgehead atoms. The van der Waals surface area contributed by atoms with Crippen LogP contribution >= 0.6 is 0 Å². The van der Waals surface area contributed by atoms with E-state index in [0.29, 0.717) is 26.1 Å². The van der Waals surface area contributed by atoms with Gasteiger partial charge in [-0.05, 0) is 25.2 Å². The Bertz CT molecular complexity index is 286. The van der Waals surface area contributed by atoms with Gasteiger partial charge in [0.2, 0.25) is 0 Å². The molecular weight excluding hydrogens is 228 g/mol. The van der Waals surface area contributed by atoms with E-state index >= 15 is 0 Å². The first kappa shape index (κ1) is 13.9. The smallest absolute Gasteiger partial charge is 0.279 e. The summed E-state index contributed by atoms with van der Waals surface area (Å²) in [5.74, 6) is 0.171. The molecule has 1 rings (SSSR count). The topological polar surface area (TPSA) is 69.6 Å². The van der Waals surface area contributed by atoms with Crippen LogP contribution in [0.5, 0.6) is 0 Å². The molecule has 0 aromatic carbocycles. The zero-order valence-electron chi connectivity index (χ0n) is 9.85. The fraction of sp³-hybridized carbons (Fsp3) is 1.00. The molecule has 1 aliphatic rings. The van der Waals surface area contributed by atoms with Crippen molar-refractivity contribution in [2.24, 2.45) is 5.92 Å². The van der Waals surface area contributed by atoms with E-state index in [-0.39, 0.29) is 12.5 Å². The van der Waals surface area contributed by atoms with Crippen LogP contribution in [0.4, 0.5) is 0 Å². The minimum atomic E-state index is -3.30. The van der Waals surface area contributed by atoms with E-state index in [4.69, 9.17) is 5.11 Å². The van der Waals surface area contributed by atoms with Crippen molar-refractivity contribution in [3.63, 3.8) is 0 Å². The van der Waals surface area contributed by atoms with Crippen LogP contribution in [-0.4, -0.2) is 44.1 Å².